The second-order valence-corrected chi connectivity index (χ2v) is 10.0. The van der Waals surface area contributed by atoms with Gasteiger partial charge in [-0.05, 0) is 60.7 Å². The monoisotopic (exact) mass is 475 g/mol. The molecule has 32 heavy (non-hydrogen) atoms. The first-order valence-corrected chi connectivity index (χ1v) is 11.4. The largest absolute Gasteiger partial charge is 0.322 e. The number of carbonyl (C=O) groups is 1. The summed E-state index contributed by atoms with van der Waals surface area (Å²) in [6.07, 6.45) is 0. The first-order valence-electron chi connectivity index (χ1n) is 9.14. The van der Waals surface area contributed by atoms with Crippen LogP contribution < -0.4 is 5.32 Å². The highest BCUT2D eigenvalue weighted by molar-refractivity contribution is 7.99. The van der Waals surface area contributed by atoms with Gasteiger partial charge in [0.1, 0.15) is 5.82 Å². The van der Waals surface area contributed by atoms with Gasteiger partial charge in [0.2, 0.25) is 10.0 Å². The Labute approximate surface area is 188 Å². The zero-order valence-corrected chi connectivity index (χ0v) is 18.6. The van der Waals surface area contributed by atoms with Crippen molar-refractivity contribution in [3.05, 3.63) is 88.2 Å². The van der Waals surface area contributed by atoms with E-state index in [1.54, 1.807) is 0 Å². The van der Waals surface area contributed by atoms with Crippen LogP contribution in [0.3, 0.4) is 0 Å². The summed E-state index contributed by atoms with van der Waals surface area (Å²) in [6, 6.07) is 15.2. The Bertz CT molecular complexity index is 1260. The molecule has 3 aromatic rings. The van der Waals surface area contributed by atoms with Gasteiger partial charge in [0.05, 0.1) is 14.7 Å². The predicted molar refractivity (Wildman–Crippen MR) is 119 cm³/mol. The lowest BCUT2D eigenvalue weighted by Gasteiger charge is -2.12. The van der Waals surface area contributed by atoms with Crippen molar-refractivity contribution in [2.45, 2.75) is 14.7 Å². The second-order valence-electron chi connectivity index (χ2n) is 6.76. The Morgan fingerprint density at radius 3 is 2.22 bits per heavy atom. The molecule has 1 N–H and O–H groups in total. The lowest BCUT2D eigenvalue weighted by Crippen LogP contribution is -2.22. The van der Waals surface area contributed by atoms with Crippen molar-refractivity contribution < 1.29 is 22.5 Å². The Morgan fingerprint density at radius 1 is 1.03 bits per heavy atom. The number of amides is 1. The van der Waals surface area contributed by atoms with Gasteiger partial charge in [-0.1, -0.05) is 11.8 Å². The maximum absolute atomic E-state index is 13.1. The fraction of sp³-hybridized carbons (Fsp3) is 0.0952. The number of halogens is 1. The fourth-order valence-corrected chi connectivity index (χ4v) is 4.44. The van der Waals surface area contributed by atoms with Gasteiger partial charge in [0.15, 0.2) is 0 Å². The normalized spacial score (nSPS) is 11.4. The number of nitro groups is 1. The van der Waals surface area contributed by atoms with Gasteiger partial charge in [-0.25, -0.2) is 17.1 Å². The average molecular weight is 476 g/mol. The van der Waals surface area contributed by atoms with E-state index in [1.165, 1.54) is 74.8 Å². The van der Waals surface area contributed by atoms with Gasteiger partial charge in [0, 0.05) is 36.3 Å². The number of hydrogen-bond donors (Lipinski definition) is 1. The number of anilines is 1. The smallest absolute Gasteiger partial charge is 0.284 e. The number of nitrogens with zero attached hydrogens (tertiary/aromatic N) is 2. The molecule has 1 amide bonds. The van der Waals surface area contributed by atoms with E-state index in [0.717, 1.165) is 22.1 Å². The molecule has 0 saturated heterocycles. The van der Waals surface area contributed by atoms with Crippen molar-refractivity contribution in [3.63, 3.8) is 0 Å². The quantitative estimate of drug-likeness (QED) is 0.401. The van der Waals surface area contributed by atoms with Crippen LogP contribution in [0.15, 0.2) is 81.4 Å². The van der Waals surface area contributed by atoms with Crippen molar-refractivity contribution in [2.75, 3.05) is 19.4 Å². The Balaban J connectivity index is 1.80. The summed E-state index contributed by atoms with van der Waals surface area (Å²) < 4.78 is 38.4. The summed E-state index contributed by atoms with van der Waals surface area (Å²) in [5.74, 6) is -1.00. The summed E-state index contributed by atoms with van der Waals surface area (Å²) in [5.41, 5.74) is 0.129. The van der Waals surface area contributed by atoms with Crippen molar-refractivity contribution in [1.82, 2.24) is 4.31 Å². The molecule has 3 aromatic carbocycles. The maximum Gasteiger partial charge on any atom is 0.284 e. The minimum atomic E-state index is -3.60. The molecule has 0 saturated carbocycles. The first kappa shape index (κ1) is 23.4. The highest BCUT2D eigenvalue weighted by Crippen LogP contribution is 2.35. The molecule has 0 heterocycles. The Morgan fingerprint density at radius 2 is 1.66 bits per heavy atom. The highest BCUT2D eigenvalue weighted by atomic mass is 32.2. The van der Waals surface area contributed by atoms with Gasteiger partial charge >= 0.3 is 0 Å². The third kappa shape index (κ3) is 5.31. The molecule has 166 valence electrons. The SMILES string of the molecule is CN(C)S(=O)(=O)c1ccc(NC(=O)c2ccc(Sc3ccc(F)cc3)c([N+](=O)[O-])c2)cc1. The molecule has 8 nitrogen and oxygen atoms in total. The molecule has 11 heteroatoms. The third-order valence-corrected chi connectivity index (χ3v) is 7.25. The van der Waals surface area contributed by atoms with E-state index in [1.807, 2.05) is 0 Å². The van der Waals surface area contributed by atoms with Crippen LogP contribution in [-0.4, -0.2) is 37.6 Å². The minimum Gasteiger partial charge on any atom is -0.322 e. The molecule has 0 aliphatic rings. The number of rotatable bonds is 7. The molecular formula is C21H18FN3O5S2. The van der Waals surface area contributed by atoms with Crippen molar-refractivity contribution in [2.24, 2.45) is 0 Å². The average Bonchev–Trinajstić information content (AvgIpc) is 2.75. The molecule has 0 atom stereocenters. The van der Waals surface area contributed by atoms with Gasteiger partial charge < -0.3 is 5.32 Å². The molecule has 0 aliphatic heterocycles. The van der Waals surface area contributed by atoms with Crippen LogP contribution >= 0.6 is 11.8 Å². The summed E-state index contributed by atoms with van der Waals surface area (Å²) in [4.78, 5) is 24.5. The lowest BCUT2D eigenvalue weighted by atomic mass is 10.2. The molecule has 0 unspecified atom stereocenters. The second kappa shape index (κ2) is 9.47. The van der Waals surface area contributed by atoms with E-state index >= 15 is 0 Å². The highest BCUT2D eigenvalue weighted by Gasteiger charge is 2.20. The predicted octanol–water partition coefficient (Wildman–Crippen LogP) is 4.39. The van der Waals surface area contributed by atoms with Gasteiger partial charge in [-0.2, -0.15) is 0 Å². The number of sulfonamides is 1. The van der Waals surface area contributed by atoms with Crippen LogP contribution in [0.25, 0.3) is 0 Å². The van der Waals surface area contributed by atoms with Gasteiger partial charge in [0.25, 0.3) is 11.6 Å². The lowest BCUT2D eigenvalue weighted by molar-refractivity contribution is -0.387. The van der Waals surface area contributed by atoms with Crippen molar-refractivity contribution in [3.8, 4) is 0 Å². The molecule has 0 fully saturated rings. The summed E-state index contributed by atoms with van der Waals surface area (Å²) in [5, 5.41) is 14.1. The maximum atomic E-state index is 13.1. The molecule has 3 rings (SSSR count). The fourth-order valence-electron chi connectivity index (χ4n) is 2.64. The summed E-state index contributed by atoms with van der Waals surface area (Å²) in [7, 11) is -0.775. The van der Waals surface area contributed by atoms with E-state index in [2.05, 4.69) is 5.32 Å². The molecular weight excluding hydrogens is 457 g/mol. The number of nitrogens with one attached hydrogen (secondary N) is 1. The van der Waals surface area contributed by atoms with Crippen LogP contribution in [-0.2, 0) is 10.0 Å². The van der Waals surface area contributed by atoms with Crippen LogP contribution in [0, 0.1) is 15.9 Å². The number of hydrogen-bond acceptors (Lipinski definition) is 6. The van der Waals surface area contributed by atoms with Crippen LogP contribution in [0.4, 0.5) is 15.8 Å². The number of carbonyl (C=O) groups excluding carboxylic acids is 1. The summed E-state index contributed by atoms with van der Waals surface area (Å²) in [6.45, 7) is 0. The van der Waals surface area contributed by atoms with Crippen LogP contribution in [0.5, 0.6) is 0 Å². The van der Waals surface area contributed by atoms with E-state index in [-0.39, 0.29) is 16.1 Å². The first-order chi connectivity index (χ1) is 15.1. The Kier molecular flexibility index (Phi) is 6.92. The van der Waals surface area contributed by atoms with E-state index in [0.29, 0.717) is 15.5 Å². The number of nitro benzene ring substituents is 1. The van der Waals surface area contributed by atoms with E-state index in [4.69, 9.17) is 0 Å². The van der Waals surface area contributed by atoms with Crippen molar-refractivity contribution >= 4 is 39.1 Å². The molecule has 0 bridgehead atoms. The standard InChI is InChI=1S/C21H18FN3O5S2/c1-24(2)32(29,30)18-10-6-16(7-11-18)23-21(26)14-3-12-20(19(13-14)25(27)28)31-17-8-4-15(22)5-9-17/h3-13H,1-2H3,(H,23,26). The number of benzene rings is 3. The van der Waals surface area contributed by atoms with Crippen LogP contribution in [0.2, 0.25) is 0 Å². The Hall–Kier alpha value is -3.28. The minimum absolute atomic E-state index is 0.0603. The molecule has 0 spiro atoms. The van der Waals surface area contributed by atoms with E-state index < -0.39 is 26.7 Å². The zero-order valence-electron chi connectivity index (χ0n) is 17.0. The molecule has 0 aliphatic carbocycles. The van der Waals surface area contributed by atoms with Crippen LogP contribution in [0.1, 0.15) is 10.4 Å². The molecule has 0 aromatic heterocycles. The summed E-state index contributed by atoms with van der Waals surface area (Å²) >= 11 is 1.08. The van der Waals surface area contributed by atoms with Crippen molar-refractivity contribution in [1.29, 1.82) is 0 Å². The van der Waals surface area contributed by atoms with E-state index in [9.17, 15) is 27.7 Å². The topological polar surface area (TPSA) is 110 Å². The third-order valence-electron chi connectivity index (χ3n) is 4.35. The zero-order chi connectivity index (χ0) is 23.5. The molecule has 0 radical (unpaired) electrons. The van der Waals surface area contributed by atoms with Gasteiger partial charge in [-0.3, -0.25) is 14.9 Å². The van der Waals surface area contributed by atoms with Gasteiger partial charge in [-0.15, -0.1) is 0 Å².